The summed E-state index contributed by atoms with van der Waals surface area (Å²) in [5, 5.41) is 0. The maximum absolute atomic E-state index is 14.3. The lowest BCUT2D eigenvalue weighted by atomic mass is 9.96. The molecule has 2 unspecified atom stereocenters. The second-order valence-electron chi connectivity index (χ2n) is 12.9. The van der Waals surface area contributed by atoms with E-state index in [2.05, 4.69) is 46.3 Å². The fraction of sp³-hybridized carbons (Fsp3) is 0.368. The first-order valence-electron chi connectivity index (χ1n) is 16.0. The average Bonchev–Trinajstić information content (AvgIpc) is 3.04. The molecule has 0 aliphatic rings. The van der Waals surface area contributed by atoms with Gasteiger partial charge in [0, 0.05) is 9.79 Å². The van der Waals surface area contributed by atoms with E-state index in [1.54, 1.807) is 7.11 Å². The van der Waals surface area contributed by atoms with E-state index in [-0.39, 0.29) is 0 Å². The van der Waals surface area contributed by atoms with Crippen LogP contribution in [0.3, 0.4) is 0 Å². The molecule has 0 saturated heterocycles. The van der Waals surface area contributed by atoms with Crippen molar-refractivity contribution in [2.45, 2.75) is 98.8 Å². The highest BCUT2D eigenvalue weighted by Gasteiger charge is 2.48. The first-order chi connectivity index (χ1) is 21.9. The van der Waals surface area contributed by atoms with Crippen LogP contribution in [0.4, 0.5) is 0 Å². The fourth-order valence-electron chi connectivity index (χ4n) is 6.57. The number of methoxy groups -OCH3 is 1. The Hall–Kier alpha value is -2.88. The number of benzene rings is 4. The predicted molar refractivity (Wildman–Crippen MR) is 194 cm³/mol. The molecule has 0 amide bonds. The third-order valence-electron chi connectivity index (χ3n) is 8.95. The molecule has 46 heavy (non-hydrogen) atoms. The van der Waals surface area contributed by atoms with Gasteiger partial charge >= 0.3 is 0 Å². The molecule has 1 N–H and O–H groups in total. The summed E-state index contributed by atoms with van der Waals surface area (Å²) in [6.07, 6.45) is -0.591. The lowest BCUT2D eigenvalue weighted by molar-refractivity contribution is 0.139. The molecular weight excluding hydrogens is 627 g/mol. The van der Waals surface area contributed by atoms with Gasteiger partial charge in [-0.2, -0.15) is 0 Å². The summed E-state index contributed by atoms with van der Waals surface area (Å²) in [6, 6.07) is 30.8. The van der Waals surface area contributed by atoms with Crippen molar-refractivity contribution in [3.63, 3.8) is 0 Å². The van der Waals surface area contributed by atoms with E-state index in [0.29, 0.717) is 26.4 Å². The van der Waals surface area contributed by atoms with Gasteiger partial charge in [0.15, 0.2) is 0 Å². The van der Waals surface area contributed by atoms with Gasteiger partial charge in [0.2, 0.25) is 8.32 Å². The number of ether oxygens (including phenoxy) is 1. The van der Waals surface area contributed by atoms with Gasteiger partial charge in [-0.3, -0.25) is 0 Å². The monoisotopic (exact) mass is 675 g/mol. The summed E-state index contributed by atoms with van der Waals surface area (Å²) in [7, 11) is -3.91. The van der Waals surface area contributed by atoms with Crippen molar-refractivity contribution >= 4 is 30.1 Å². The largest absolute Gasteiger partial charge is 0.497 e. The molecule has 8 heteroatoms. The molecule has 0 aliphatic heterocycles. The number of hydrogen-bond acceptors (Lipinski definition) is 4. The van der Waals surface area contributed by atoms with E-state index >= 15 is 0 Å². The molecule has 5 nitrogen and oxygen atoms in total. The Morgan fingerprint density at radius 3 is 1.65 bits per heavy atom. The molecule has 0 spiro atoms. The quantitative estimate of drug-likeness (QED) is 0.135. The van der Waals surface area contributed by atoms with E-state index in [4.69, 9.17) is 9.16 Å². The van der Waals surface area contributed by atoms with Crippen LogP contribution in [0.5, 0.6) is 5.75 Å². The van der Waals surface area contributed by atoms with Crippen LogP contribution in [0.1, 0.15) is 75.9 Å². The molecule has 0 heterocycles. The van der Waals surface area contributed by atoms with Gasteiger partial charge in [-0.1, -0.05) is 107 Å². The van der Waals surface area contributed by atoms with Crippen LogP contribution >= 0.6 is 0 Å². The molecule has 0 aromatic heterocycles. The highest BCUT2D eigenvalue weighted by molar-refractivity contribution is 7.85. The lowest BCUT2D eigenvalue weighted by Crippen LogP contribution is -2.50. The van der Waals surface area contributed by atoms with E-state index < -0.39 is 42.2 Å². The molecule has 0 radical (unpaired) electrons. The number of aryl methyl sites for hydroxylation is 2. The van der Waals surface area contributed by atoms with Crippen molar-refractivity contribution in [2.75, 3.05) is 7.11 Å². The summed E-state index contributed by atoms with van der Waals surface area (Å²) in [5.41, 5.74) is 4.83. The minimum absolute atomic E-state index is 0.295. The van der Waals surface area contributed by atoms with Crippen LogP contribution in [0.15, 0.2) is 112 Å². The smallest absolute Gasteiger partial charge is 0.201 e. The molecule has 246 valence electrons. The Morgan fingerprint density at radius 2 is 1.15 bits per heavy atom. The van der Waals surface area contributed by atoms with Gasteiger partial charge in [0.1, 0.15) is 16.7 Å². The molecule has 0 saturated carbocycles. The zero-order valence-corrected chi connectivity index (χ0v) is 31.2. The molecule has 4 rings (SSSR count). The molecule has 4 atom stereocenters. The molecular formula is C38H49NO4S2Si. The summed E-state index contributed by atoms with van der Waals surface area (Å²) >= 11 is 0. The summed E-state index contributed by atoms with van der Waals surface area (Å²) in [6.45, 7) is 17.6. The summed E-state index contributed by atoms with van der Waals surface area (Å²) in [4.78, 5) is 2.10. The van der Waals surface area contributed by atoms with Gasteiger partial charge in [-0.25, -0.2) is 13.1 Å². The minimum Gasteiger partial charge on any atom is -0.497 e. The van der Waals surface area contributed by atoms with Crippen molar-refractivity contribution < 1.29 is 17.6 Å². The minimum atomic E-state index is -2.53. The highest BCUT2D eigenvalue weighted by atomic mass is 32.2. The van der Waals surface area contributed by atoms with E-state index in [1.165, 1.54) is 0 Å². The maximum atomic E-state index is 14.3. The third-order valence-corrected chi connectivity index (χ3v) is 17.7. The van der Waals surface area contributed by atoms with Gasteiger partial charge in [0.05, 0.1) is 35.0 Å². The maximum Gasteiger partial charge on any atom is 0.201 e. The zero-order chi connectivity index (χ0) is 33.6. The molecule has 4 aromatic rings. The first-order valence-corrected chi connectivity index (χ1v) is 20.5. The fourth-order valence-corrected chi connectivity index (χ4v) is 14.3. The van der Waals surface area contributed by atoms with Crippen LogP contribution in [0, 0.1) is 13.8 Å². The van der Waals surface area contributed by atoms with E-state index in [1.807, 2.05) is 111 Å². The Morgan fingerprint density at radius 1 is 0.652 bits per heavy atom. The van der Waals surface area contributed by atoms with Crippen molar-refractivity contribution in [2.24, 2.45) is 0 Å². The molecule has 0 bridgehead atoms. The SMILES string of the molecule is COc1ccc([C@@H](NS(=O)c2ccc(C)cc2)[C@@H](O[Si](C(C)C)(C(C)C)C(C)C)c2ccccc2S(=O)c2ccc(C)cc2)cc1. The predicted octanol–water partition coefficient (Wildman–Crippen LogP) is 9.77. The zero-order valence-electron chi connectivity index (χ0n) is 28.6. The van der Waals surface area contributed by atoms with Gasteiger partial charge in [-0.15, -0.1) is 0 Å². The van der Waals surface area contributed by atoms with E-state index in [0.717, 1.165) is 32.9 Å². The van der Waals surface area contributed by atoms with Crippen LogP contribution in [0.25, 0.3) is 0 Å². The van der Waals surface area contributed by atoms with Gasteiger partial charge in [-0.05, 0) is 84.1 Å². The Bertz CT molecular complexity index is 1600. The highest BCUT2D eigenvalue weighted by Crippen LogP contribution is 2.49. The summed E-state index contributed by atoms with van der Waals surface area (Å²) < 4.78 is 45.1. The third kappa shape index (κ3) is 7.97. The summed E-state index contributed by atoms with van der Waals surface area (Å²) in [5.74, 6) is 0.732. The van der Waals surface area contributed by atoms with Crippen LogP contribution in [-0.4, -0.2) is 23.8 Å². The first kappa shape index (κ1) is 36.0. The van der Waals surface area contributed by atoms with Crippen molar-refractivity contribution in [1.29, 1.82) is 0 Å². The van der Waals surface area contributed by atoms with Crippen LogP contribution < -0.4 is 9.46 Å². The second-order valence-corrected chi connectivity index (χ2v) is 21.0. The molecule has 0 aliphatic carbocycles. The second kappa shape index (κ2) is 15.8. The molecule has 4 aromatic carbocycles. The van der Waals surface area contributed by atoms with Gasteiger partial charge in [0.25, 0.3) is 0 Å². The molecule has 0 fully saturated rings. The normalized spacial score (nSPS) is 14.8. The number of nitrogens with one attached hydrogen (secondary N) is 1. The Kier molecular flexibility index (Phi) is 12.4. The Labute approximate surface area is 282 Å². The van der Waals surface area contributed by atoms with Crippen LogP contribution in [0.2, 0.25) is 16.6 Å². The standard InChI is InChI=1S/C38H49NO4S2Si/c1-26(2)46(27(3)4,28(5)6)43-38(35-12-10-11-13-36(35)44(40)33-22-14-29(7)15-23-33)37(31-18-20-32(42-9)21-19-31)39-45(41)34-24-16-30(8)17-25-34/h10-28,37-39H,1-9H3/t37-,38+,44?,45?/m1/s1. The number of hydrogen-bond donors (Lipinski definition) is 1. The van der Waals surface area contributed by atoms with Crippen molar-refractivity contribution in [3.8, 4) is 5.75 Å². The lowest BCUT2D eigenvalue weighted by Gasteiger charge is -2.46. The topological polar surface area (TPSA) is 64.6 Å². The van der Waals surface area contributed by atoms with E-state index in [9.17, 15) is 8.42 Å². The average molecular weight is 676 g/mol. The van der Waals surface area contributed by atoms with Crippen molar-refractivity contribution in [3.05, 3.63) is 119 Å². The van der Waals surface area contributed by atoms with Crippen LogP contribution in [-0.2, 0) is 26.2 Å². The number of rotatable bonds is 14. The Balaban J connectivity index is 1.97. The van der Waals surface area contributed by atoms with Gasteiger partial charge < -0.3 is 9.16 Å². The van der Waals surface area contributed by atoms with Crippen molar-refractivity contribution in [1.82, 2.24) is 4.72 Å².